The molecule has 0 aromatic heterocycles. The summed E-state index contributed by atoms with van der Waals surface area (Å²) in [5.41, 5.74) is -0.567. The van der Waals surface area contributed by atoms with Crippen LogP contribution in [0.25, 0.3) is 0 Å². The average Bonchev–Trinajstić information content (AvgIpc) is 3.27. The van der Waals surface area contributed by atoms with Crippen molar-refractivity contribution in [2.45, 2.75) is 49.5 Å². The lowest BCUT2D eigenvalue weighted by Crippen LogP contribution is -2.41. The smallest absolute Gasteiger partial charge is 0.194 e. The van der Waals surface area contributed by atoms with Crippen LogP contribution >= 0.6 is 35.7 Å². The summed E-state index contributed by atoms with van der Waals surface area (Å²) >= 11 is 1.95. The molecule has 6 heteroatoms. The highest BCUT2D eigenvalue weighted by atomic mass is 127. The number of hydrogen-bond acceptors (Lipinski definition) is 3. The first kappa shape index (κ1) is 21.8. The Morgan fingerprint density at radius 2 is 2.04 bits per heavy atom. The van der Waals surface area contributed by atoms with Gasteiger partial charge in [0.1, 0.15) is 0 Å². The topological polar surface area (TPSA) is 47.9 Å². The van der Waals surface area contributed by atoms with Crippen LogP contribution in [0.4, 0.5) is 0 Å². The summed E-state index contributed by atoms with van der Waals surface area (Å²) in [7, 11) is 0. The minimum Gasteiger partial charge on any atom is -0.388 e. The van der Waals surface area contributed by atoms with Gasteiger partial charge in [0.05, 0.1) is 12.1 Å². The summed E-state index contributed by atoms with van der Waals surface area (Å²) in [4.78, 5) is 8.50. The van der Waals surface area contributed by atoms with Gasteiger partial charge in [-0.2, -0.15) is 0 Å². The Bertz CT molecular complexity index is 563. The summed E-state index contributed by atoms with van der Waals surface area (Å²) in [6, 6.07) is 10.6. The van der Waals surface area contributed by atoms with Crippen LogP contribution in [0.2, 0.25) is 0 Å². The zero-order valence-corrected chi connectivity index (χ0v) is 18.8. The van der Waals surface area contributed by atoms with E-state index in [0.717, 1.165) is 57.0 Å². The molecular weight excluding hydrogens is 457 g/mol. The molecule has 1 unspecified atom stereocenters. The predicted octanol–water partition coefficient (Wildman–Crippen LogP) is 3.99. The zero-order chi connectivity index (χ0) is 17.5. The summed E-state index contributed by atoms with van der Waals surface area (Å²) in [5.74, 6) is 2.84. The molecule has 146 valence electrons. The molecule has 2 N–H and O–H groups in total. The van der Waals surface area contributed by atoms with Crippen molar-refractivity contribution in [3.63, 3.8) is 0 Å². The predicted molar refractivity (Wildman–Crippen MR) is 122 cm³/mol. The van der Waals surface area contributed by atoms with Crippen molar-refractivity contribution in [1.82, 2.24) is 10.2 Å². The fraction of sp³-hybridized carbons (Fsp3) is 0.650. The van der Waals surface area contributed by atoms with E-state index < -0.39 is 5.60 Å². The second-order valence-corrected chi connectivity index (χ2v) is 8.42. The minimum atomic E-state index is -0.567. The molecule has 26 heavy (non-hydrogen) atoms. The van der Waals surface area contributed by atoms with Gasteiger partial charge in [-0.15, -0.1) is 35.7 Å². The molecule has 1 aromatic rings. The quantitative estimate of drug-likeness (QED) is 0.275. The maximum absolute atomic E-state index is 10.6. The third-order valence-electron chi connectivity index (χ3n) is 5.21. The minimum absolute atomic E-state index is 0. The lowest BCUT2D eigenvalue weighted by molar-refractivity contribution is 0.0572. The fourth-order valence-electron chi connectivity index (χ4n) is 3.73. The van der Waals surface area contributed by atoms with Crippen molar-refractivity contribution in [2.24, 2.45) is 10.9 Å². The number of likely N-dealkylation sites (tertiary alicyclic amines) is 1. The van der Waals surface area contributed by atoms with E-state index in [4.69, 9.17) is 4.99 Å². The van der Waals surface area contributed by atoms with Gasteiger partial charge in [0.15, 0.2) is 5.96 Å². The van der Waals surface area contributed by atoms with Crippen LogP contribution in [-0.2, 0) is 0 Å². The molecule has 1 atom stereocenters. The fourth-order valence-corrected chi connectivity index (χ4v) is 4.78. The first-order valence-electron chi connectivity index (χ1n) is 9.62. The van der Waals surface area contributed by atoms with Crippen molar-refractivity contribution in [1.29, 1.82) is 0 Å². The van der Waals surface area contributed by atoms with Gasteiger partial charge in [-0.1, -0.05) is 31.0 Å². The molecule has 0 radical (unpaired) electrons. The highest BCUT2D eigenvalue weighted by Crippen LogP contribution is 2.30. The Hall–Kier alpha value is -0.470. The van der Waals surface area contributed by atoms with Crippen LogP contribution < -0.4 is 5.32 Å². The first-order valence-corrected chi connectivity index (χ1v) is 10.6. The molecule has 1 heterocycles. The van der Waals surface area contributed by atoms with Crippen molar-refractivity contribution in [3.8, 4) is 0 Å². The average molecular weight is 489 g/mol. The van der Waals surface area contributed by atoms with Crippen molar-refractivity contribution < 1.29 is 5.11 Å². The Morgan fingerprint density at radius 1 is 1.31 bits per heavy atom. The molecule has 2 fully saturated rings. The molecule has 1 aliphatic carbocycles. The number of nitrogens with zero attached hydrogens (tertiary/aromatic N) is 2. The number of thioether (sulfide) groups is 1. The number of aliphatic imine (C=N–C) groups is 1. The monoisotopic (exact) mass is 489 g/mol. The van der Waals surface area contributed by atoms with Gasteiger partial charge in [-0.3, -0.25) is 4.99 Å². The first-order chi connectivity index (χ1) is 12.2. The molecule has 1 saturated heterocycles. The molecule has 2 aliphatic rings. The number of nitrogens with one attached hydrogen (secondary N) is 1. The van der Waals surface area contributed by atoms with Gasteiger partial charge in [0.2, 0.25) is 0 Å². The zero-order valence-electron chi connectivity index (χ0n) is 15.7. The summed E-state index contributed by atoms with van der Waals surface area (Å²) in [5, 5.41) is 14.0. The third kappa shape index (κ3) is 6.30. The lowest BCUT2D eigenvalue weighted by Gasteiger charge is -2.24. The Morgan fingerprint density at radius 3 is 2.73 bits per heavy atom. The SMILES string of the molecule is CCNC(=NCC1(O)CCCC1)N1CCC(CSc2ccccc2)C1.I. The molecule has 1 saturated carbocycles. The van der Waals surface area contributed by atoms with Gasteiger partial charge in [0, 0.05) is 30.3 Å². The van der Waals surface area contributed by atoms with Crippen LogP contribution in [0, 0.1) is 5.92 Å². The van der Waals surface area contributed by atoms with Crippen molar-refractivity contribution in [2.75, 3.05) is 31.9 Å². The van der Waals surface area contributed by atoms with Crippen molar-refractivity contribution >= 4 is 41.7 Å². The van der Waals surface area contributed by atoms with E-state index in [2.05, 4.69) is 47.5 Å². The van der Waals surface area contributed by atoms with E-state index in [9.17, 15) is 5.11 Å². The van der Waals surface area contributed by atoms with Gasteiger partial charge in [-0.05, 0) is 44.2 Å². The molecule has 0 bridgehead atoms. The maximum Gasteiger partial charge on any atom is 0.194 e. The molecular formula is C20H32IN3OS. The second-order valence-electron chi connectivity index (χ2n) is 7.33. The second kappa shape index (κ2) is 10.8. The number of hydrogen-bond donors (Lipinski definition) is 2. The van der Waals surface area contributed by atoms with Crippen LogP contribution in [0.15, 0.2) is 40.2 Å². The largest absolute Gasteiger partial charge is 0.388 e. The molecule has 3 rings (SSSR count). The summed E-state index contributed by atoms with van der Waals surface area (Å²) in [6.45, 7) is 5.64. The van der Waals surface area contributed by atoms with E-state index in [-0.39, 0.29) is 24.0 Å². The van der Waals surface area contributed by atoms with Gasteiger partial charge < -0.3 is 15.3 Å². The van der Waals surface area contributed by atoms with Crippen LogP contribution in [0.5, 0.6) is 0 Å². The molecule has 0 amide bonds. The van der Waals surface area contributed by atoms with Gasteiger partial charge >= 0.3 is 0 Å². The van der Waals surface area contributed by atoms with Gasteiger partial charge in [0.25, 0.3) is 0 Å². The number of rotatable bonds is 6. The Kier molecular flexibility index (Phi) is 9.03. The summed E-state index contributed by atoms with van der Waals surface area (Å²) < 4.78 is 0. The number of halogens is 1. The molecule has 1 aliphatic heterocycles. The van der Waals surface area contributed by atoms with Crippen LogP contribution in [0.1, 0.15) is 39.0 Å². The Balaban J connectivity index is 0.00000243. The number of aliphatic hydroxyl groups is 1. The van der Waals surface area contributed by atoms with Crippen molar-refractivity contribution in [3.05, 3.63) is 30.3 Å². The number of guanidine groups is 1. The normalized spacial score (nSPS) is 22.3. The van der Waals surface area contributed by atoms with Gasteiger partial charge in [-0.25, -0.2) is 0 Å². The van der Waals surface area contributed by atoms with E-state index >= 15 is 0 Å². The lowest BCUT2D eigenvalue weighted by atomic mass is 10.0. The summed E-state index contributed by atoms with van der Waals surface area (Å²) in [6.07, 6.45) is 5.27. The standard InChI is InChI=1S/C20H31N3OS.HI/c1-2-21-19(22-16-20(24)11-6-7-12-20)23-13-10-17(14-23)15-25-18-8-4-3-5-9-18;/h3-5,8-9,17,24H,2,6-7,10-16H2,1H3,(H,21,22);1H. The van der Waals surface area contributed by atoms with Crippen LogP contribution in [-0.4, -0.2) is 53.5 Å². The highest BCUT2D eigenvalue weighted by molar-refractivity contribution is 14.0. The Labute approximate surface area is 179 Å². The molecule has 0 spiro atoms. The highest BCUT2D eigenvalue weighted by Gasteiger charge is 2.31. The van der Waals surface area contributed by atoms with Crippen LogP contribution in [0.3, 0.4) is 0 Å². The van der Waals surface area contributed by atoms with E-state index in [1.165, 1.54) is 11.3 Å². The van der Waals surface area contributed by atoms with E-state index in [1.54, 1.807) is 0 Å². The third-order valence-corrected chi connectivity index (χ3v) is 6.45. The molecule has 1 aromatic carbocycles. The number of benzene rings is 1. The van der Waals surface area contributed by atoms with E-state index in [0.29, 0.717) is 12.5 Å². The molecule has 4 nitrogen and oxygen atoms in total. The van der Waals surface area contributed by atoms with E-state index in [1.807, 2.05) is 11.8 Å². The maximum atomic E-state index is 10.6.